The summed E-state index contributed by atoms with van der Waals surface area (Å²) in [6.07, 6.45) is 2.55. The van der Waals surface area contributed by atoms with Crippen molar-refractivity contribution >= 4 is 21.7 Å². The molecule has 0 saturated heterocycles. The second-order valence-corrected chi connectivity index (χ2v) is 4.53. The standard InChI is InChI=1S/C13H14BrN3/c1-2-15-13-11(14)9-16-12(17-13)8-10-6-4-3-5-7-10/h3-7,9H,2,8H2,1H3,(H,15,16,17). The van der Waals surface area contributed by atoms with E-state index < -0.39 is 0 Å². The molecule has 0 amide bonds. The molecule has 1 heterocycles. The zero-order valence-corrected chi connectivity index (χ0v) is 11.2. The van der Waals surface area contributed by atoms with Crippen LogP contribution >= 0.6 is 15.9 Å². The van der Waals surface area contributed by atoms with Crippen molar-refractivity contribution in [1.82, 2.24) is 9.97 Å². The summed E-state index contributed by atoms with van der Waals surface area (Å²) < 4.78 is 0.899. The molecule has 17 heavy (non-hydrogen) atoms. The van der Waals surface area contributed by atoms with Crippen LogP contribution in [-0.2, 0) is 6.42 Å². The van der Waals surface area contributed by atoms with Crippen molar-refractivity contribution in [3.63, 3.8) is 0 Å². The average Bonchev–Trinajstić information content (AvgIpc) is 2.35. The average molecular weight is 292 g/mol. The van der Waals surface area contributed by atoms with Crippen molar-refractivity contribution in [3.05, 3.63) is 52.4 Å². The van der Waals surface area contributed by atoms with Crippen molar-refractivity contribution in [2.75, 3.05) is 11.9 Å². The second kappa shape index (κ2) is 5.77. The Morgan fingerprint density at radius 2 is 2.00 bits per heavy atom. The third kappa shape index (κ3) is 3.27. The number of nitrogens with zero attached hydrogens (tertiary/aromatic N) is 2. The molecule has 0 aliphatic heterocycles. The molecule has 4 heteroatoms. The molecule has 2 aromatic rings. The Hall–Kier alpha value is -1.42. The molecule has 1 N–H and O–H groups in total. The molecule has 0 atom stereocenters. The molecule has 0 aliphatic carbocycles. The SMILES string of the molecule is CCNc1nc(Cc2ccccc2)ncc1Br. The normalized spacial score (nSPS) is 10.2. The number of halogens is 1. The smallest absolute Gasteiger partial charge is 0.144 e. The summed E-state index contributed by atoms with van der Waals surface area (Å²) in [5.41, 5.74) is 1.22. The fourth-order valence-electron chi connectivity index (χ4n) is 1.56. The van der Waals surface area contributed by atoms with E-state index in [-0.39, 0.29) is 0 Å². The van der Waals surface area contributed by atoms with Gasteiger partial charge in [-0.05, 0) is 28.4 Å². The van der Waals surface area contributed by atoms with Crippen molar-refractivity contribution in [2.45, 2.75) is 13.3 Å². The van der Waals surface area contributed by atoms with E-state index >= 15 is 0 Å². The largest absolute Gasteiger partial charge is 0.369 e. The third-order valence-corrected chi connectivity index (χ3v) is 2.92. The van der Waals surface area contributed by atoms with Crippen LogP contribution in [0.15, 0.2) is 41.0 Å². The molecule has 0 radical (unpaired) electrons. The van der Waals surface area contributed by atoms with Gasteiger partial charge >= 0.3 is 0 Å². The maximum Gasteiger partial charge on any atom is 0.144 e. The summed E-state index contributed by atoms with van der Waals surface area (Å²) in [7, 11) is 0. The van der Waals surface area contributed by atoms with Gasteiger partial charge in [-0.2, -0.15) is 0 Å². The van der Waals surface area contributed by atoms with Gasteiger partial charge in [0, 0.05) is 19.2 Å². The molecule has 1 aromatic carbocycles. The Labute approximate surface area is 109 Å². The maximum atomic E-state index is 4.49. The first-order chi connectivity index (χ1) is 8.29. The molecular formula is C13H14BrN3. The summed E-state index contributed by atoms with van der Waals surface area (Å²) in [4.78, 5) is 8.81. The van der Waals surface area contributed by atoms with E-state index in [1.54, 1.807) is 6.20 Å². The molecule has 0 fully saturated rings. The Morgan fingerprint density at radius 3 is 2.71 bits per heavy atom. The van der Waals surface area contributed by atoms with Crippen LogP contribution in [0.5, 0.6) is 0 Å². The molecule has 0 aliphatic rings. The number of rotatable bonds is 4. The van der Waals surface area contributed by atoms with E-state index in [1.807, 2.05) is 25.1 Å². The molecule has 0 unspecified atom stereocenters. The monoisotopic (exact) mass is 291 g/mol. The molecule has 88 valence electrons. The Balaban J connectivity index is 2.19. The minimum absolute atomic E-state index is 0.756. The topological polar surface area (TPSA) is 37.8 Å². The van der Waals surface area contributed by atoms with E-state index in [0.29, 0.717) is 0 Å². The van der Waals surface area contributed by atoms with Gasteiger partial charge in [0.25, 0.3) is 0 Å². The highest BCUT2D eigenvalue weighted by Gasteiger charge is 2.04. The summed E-state index contributed by atoms with van der Waals surface area (Å²) in [5, 5.41) is 3.20. The first-order valence-electron chi connectivity index (χ1n) is 5.59. The molecule has 2 rings (SSSR count). The summed E-state index contributed by atoms with van der Waals surface area (Å²) in [5.74, 6) is 1.68. The summed E-state index contributed by atoms with van der Waals surface area (Å²) in [6, 6.07) is 10.2. The molecule has 0 saturated carbocycles. The molecule has 0 spiro atoms. The van der Waals surface area contributed by atoms with E-state index in [9.17, 15) is 0 Å². The summed E-state index contributed by atoms with van der Waals surface area (Å²) in [6.45, 7) is 2.89. The Bertz CT molecular complexity index is 485. The highest BCUT2D eigenvalue weighted by atomic mass is 79.9. The first kappa shape index (κ1) is 12.0. The fourth-order valence-corrected chi connectivity index (χ4v) is 1.89. The van der Waals surface area contributed by atoms with Gasteiger partial charge in [0.05, 0.1) is 4.47 Å². The van der Waals surface area contributed by atoms with E-state index in [2.05, 4.69) is 43.3 Å². The molecule has 3 nitrogen and oxygen atoms in total. The number of benzene rings is 1. The van der Waals surface area contributed by atoms with Gasteiger partial charge in [0.15, 0.2) is 0 Å². The molecular weight excluding hydrogens is 278 g/mol. The number of aromatic nitrogens is 2. The van der Waals surface area contributed by atoms with Gasteiger partial charge in [-0.1, -0.05) is 30.3 Å². The van der Waals surface area contributed by atoms with E-state index in [1.165, 1.54) is 5.56 Å². The molecule has 0 bridgehead atoms. The van der Waals surface area contributed by atoms with Crippen LogP contribution in [-0.4, -0.2) is 16.5 Å². The predicted octanol–water partition coefficient (Wildman–Crippen LogP) is 3.26. The highest BCUT2D eigenvalue weighted by Crippen LogP contribution is 2.19. The van der Waals surface area contributed by atoms with Crippen LogP contribution in [0.2, 0.25) is 0 Å². The van der Waals surface area contributed by atoms with Crippen LogP contribution < -0.4 is 5.32 Å². The quantitative estimate of drug-likeness (QED) is 0.940. The Morgan fingerprint density at radius 1 is 1.24 bits per heavy atom. The lowest BCUT2D eigenvalue weighted by Crippen LogP contribution is -2.04. The second-order valence-electron chi connectivity index (χ2n) is 3.68. The Kier molecular flexibility index (Phi) is 4.09. The first-order valence-corrected chi connectivity index (χ1v) is 6.38. The minimum atomic E-state index is 0.756. The van der Waals surface area contributed by atoms with Crippen LogP contribution in [0.25, 0.3) is 0 Å². The number of anilines is 1. The molecule has 1 aromatic heterocycles. The zero-order chi connectivity index (χ0) is 12.1. The van der Waals surface area contributed by atoms with Crippen LogP contribution in [0.3, 0.4) is 0 Å². The van der Waals surface area contributed by atoms with Crippen molar-refractivity contribution in [1.29, 1.82) is 0 Å². The fraction of sp³-hybridized carbons (Fsp3) is 0.231. The maximum absolute atomic E-state index is 4.49. The minimum Gasteiger partial charge on any atom is -0.369 e. The number of nitrogens with one attached hydrogen (secondary N) is 1. The summed E-state index contributed by atoms with van der Waals surface area (Å²) >= 11 is 3.43. The van der Waals surface area contributed by atoms with Gasteiger partial charge in [0.2, 0.25) is 0 Å². The zero-order valence-electron chi connectivity index (χ0n) is 9.65. The van der Waals surface area contributed by atoms with Gasteiger partial charge < -0.3 is 5.32 Å². The highest BCUT2D eigenvalue weighted by molar-refractivity contribution is 9.10. The van der Waals surface area contributed by atoms with Crippen molar-refractivity contribution < 1.29 is 0 Å². The van der Waals surface area contributed by atoms with Gasteiger partial charge in [-0.15, -0.1) is 0 Å². The van der Waals surface area contributed by atoms with Gasteiger partial charge in [-0.3, -0.25) is 0 Å². The van der Waals surface area contributed by atoms with Crippen LogP contribution in [0.1, 0.15) is 18.3 Å². The van der Waals surface area contributed by atoms with Gasteiger partial charge in [-0.25, -0.2) is 9.97 Å². The van der Waals surface area contributed by atoms with E-state index in [4.69, 9.17) is 0 Å². The van der Waals surface area contributed by atoms with Crippen molar-refractivity contribution in [3.8, 4) is 0 Å². The van der Waals surface area contributed by atoms with E-state index in [0.717, 1.165) is 29.1 Å². The van der Waals surface area contributed by atoms with Crippen LogP contribution in [0, 0.1) is 0 Å². The van der Waals surface area contributed by atoms with Crippen molar-refractivity contribution in [2.24, 2.45) is 0 Å². The van der Waals surface area contributed by atoms with Gasteiger partial charge in [0.1, 0.15) is 11.6 Å². The predicted molar refractivity (Wildman–Crippen MR) is 73.1 cm³/mol. The number of hydrogen-bond donors (Lipinski definition) is 1. The van der Waals surface area contributed by atoms with Crippen LogP contribution in [0.4, 0.5) is 5.82 Å². The lowest BCUT2D eigenvalue weighted by Gasteiger charge is -2.07. The lowest BCUT2D eigenvalue weighted by molar-refractivity contribution is 0.956. The third-order valence-electron chi connectivity index (χ3n) is 2.34. The lowest BCUT2D eigenvalue weighted by atomic mass is 10.1. The number of hydrogen-bond acceptors (Lipinski definition) is 3.